The van der Waals surface area contributed by atoms with Crippen LogP contribution in [0, 0.1) is 0 Å². The Bertz CT molecular complexity index is 770. The zero-order valence-electron chi connectivity index (χ0n) is 13.5. The van der Waals surface area contributed by atoms with Crippen molar-refractivity contribution in [3.8, 4) is 5.75 Å². The minimum absolute atomic E-state index is 0.0553. The van der Waals surface area contributed by atoms with Gasteiger partial charge in [-0.1, -0.05) is 12.1 Å². The summed E-state index contributed by atoms with van der Waals surface area (Å²) in [6.45, 7) is 0.496. The lowest BCUT2D eigenvalue weighted by molar-refractivity contribution is -0.136. The van der Waals surface area contributed by atoms with Gasteiger partial charge in [-0.3, -0.25) is 4.79 Å². The fourth-order valence-corrected chi connectivity index (χ4v) is 2.58. The first-order chi connectivity index (χ1) is 11.4. The van der Waals surface area contributed by atoms with E-state index in [0.717, 1.165) is 11.8 Å². The number of carbonyl (C=O) groups is 1. The summed E-state index contributed by atoms with van der Waals surface area (Å²) < 4.78 is 37.5. The standard InChI is InChI=1S/C16H19NO6S/c1-21-12-16(18)17(11-15-7-4-8-22-15)10-13-5-3-6-14(9-13)23-24(2,19)20/h3-9H,10-12H2,1-2H3. The second kappa shape index (κ2) is 7.98. The molecule has 0 aliphatic heterocycles. The second-order valence-corrected chi connectivity index (χ2v) is 6.77. The minimum Gasteiger partial charge on any atom is -0.467 e. The van der Waals surface area contributed by atoms with Crippen molar-refractivity contribution in [2.45, 2.75) is 13.1 Å². The van der Waals surface area contributed by atoms with Crippen molar-refractivity contribution < 1.29 is 26.5 Å². The molecule has 0 N–H and O–H groups in total. The number of nitrogens with zero attached hydrogens (tertiary/aromatic N) is 1. The van der Waals surface area contributed by atoms with Crippen LogP contribution in [0.3, 0.4) is 0 Å². The highest BCUT2D eigenvalue weighted by Crippen LogP contribution is 2.18. The van der Waals surface area contributed by atoms with Gasteiger partial charge in [-0.05, 0) is 29.8 Å². The SMILES string of the molecule is COCC(=O)N(Cc1cccc(OS(C)(=O)=O)c1)Cc1ccco1. The fraction of sp³-hybridized carbons (Fsp3) is 0.312. The van der Waals surface area contributed by atoms with Crippen LogP contribution in [0.25, 0.3) is 0 Å². The van der Waals surface area contributed by atoms with Crippen LogP contribution >= 0.6 is 0 Å². The Morgan fingerprint density at radius 3 is 2.62 bits per heavy atom. The zero-order chi connectivity index (χ0) is 17.6. The van der Waals surface area contributed by atoms with E-state index in [1.807, 2.05) is 0 Å². The number of benzene rings is 1. The molecule has 2 rings (SSSR count). The predicted octanol–water partition coefficient (Wildman–Crippen LogP) is 1.79. The van der Waals surface area contributed by atoms with Crippen LogP contribution in [0.4, 0.5) is 0 Å². The van der Waals surface area contributed by atoms with E-state index in [2.05, 4.69) is 0 Å². The summed E-state index contributed by atoms with van der Waals surface area (Å²) in [5, 5.41) is 0. The van der Waals surface area contributed by atoms with Crippen molar-refractivity contribution in [2.75, 3.05) is 20.0 Å². The monoisotopic (exact) mass is 353 g/mol. The summed E-state index contributed by atoms with van der Waals surface area (Å²) in [7, 11) is -2.16. The quantitative estimate of drug-likeness (QED) is 0.673. The molecule has 7 nitrogen and oxygen atoms in total. The Morgan fingerprint density at radius 2 is 2.00 bits per heavy atom. The van der Waals surface area contributed by atoms with Gasteiger partial charge in [0.15, 0.2) is 0 Å². The molecule has 0 atom stereocenters. The Hall–Kier alpha value is -2.32. The Morgan fingerprint density at radius 1 is 1.21 bits per heavy atom. The molecule has 1 heterocycles. The first kappa shape index (κ1) is 18.0. The van der Waals surface area contributed by atoms with Gasteiger partial charge in [0.25, 0.3) is 0 Å². The fourth-order valence-electron chi connectivity index (χ4n) is 2.13. The maximum atomic E-state index is 12.2. The number of rotatable bonds is 8. The lowest BCUT2D eigenvalue weighted by Gasteiger charge is -2.21. The maximum Gasteiger partial charge on any atom is 0.306 e. The molecule has 1 amide bonds. The van der Waals surface area contributed by atoms with Gasteiger partial charge in [-0.2, -0.15) is 8.42 Å². The Labute approximate surface area is 140 Å². The van der Waals surface area contributed by atoms with E-state index >= 15 is 0 Å². The number of ether oxygens (including phenoxy) is 1. The molecule has 0 fully saturated rings. The van der Waals surface area contributed by atoms with E-state index in [1.54, 1.807) is 41.3 Å². The van der Waals surface area contributed by atoms with Crippen molar-refractivity contribution in [1.29, 1.82) is 0 Å². The average Bonchev–Trinajstić information content (AvgIpc) is 2.98. The molecule has 8 heteroatoms. The maximum absolute atomic E-state index is 12.2. The summed E-state index contributed by atoms with van der Waals surface area (Å²) in [6, 6.07) is 10.1. The van der Waals surface area contributed by atoms with Crippen LogP contribution in [0.1, 0.15) is 11.3 Å². The molecular formula is C16H19NO6S. The van der Waals surface area contributed by atoms with Gasteiger partial charge in [-0.15, -0.1) is 0 Å². The minimum atomic E-state index is -3.60. The molecule has 0 aliphatic carbocycles. The van der Waals surface area contributed by atoms with E-state index in [-0.39, 0.29) is 31.4 Å². The predicted molar refractivity (Wildman–Crippen MR) is 86.8 cm³/mol. The highest BCUT2D eigenvalue weighted by Gasteiger charge is 2.16. The number of furan rings is 1. The van der Waals surface area contributed by atoms with Crippen LogP contribution in [-0.4, -0.2) is 39.2 Å². The van der Waals surface area contributed by atoms with Gasteiger partial charge in [0.2, 0.25) is 5.91 Å². The number of hydrogen-bond donors (Lipinski definition) is 0. The highest BCUT2D eigenvalue weighted by atomic mass is 32.2. The van der Waals surface area contributed by atoms with Crippen molar-refractivity contribution >= 4 is 16.0 Å². The van der Waals surface area contributed by atoms with E-state index < -0.39 is 10.1 Å². The number of hydrogen-bond acceptors (Lipinski definition) is 6. The molecule has 24 heavy (non-hydrogen) atoms. The van der Waals surface area contributed by atoms with Crippen molar-refractivity contribution in [3.63, 3.8) is 0 Å². The summed E-state index contributed by atoms with van der Waals surface area (Å²) in [4.78, 5) is 13.8. The molecule has 0 radical (unpaired) electrons. The normalized spacial score (nSPS) is 11.2. The van der Waals surface area contributed by atoms with Gasteiger partial charge in [0.05, 0.1) is 19.1 Å². The molecule has 1 aromatic carbocycles. The van der Waals surface area contributed by atoms with Crippen molar-refractivity contribution in [3.05, 3.63) is 54.0 Å². The van der Waals surface area contributed by atoms with Crippen molar-refractivity contribution in [2.24, 2.45) is 0 Å². The summed E-state index contributed by atoms with van der Waals surface area (Å²) in [5.41, 5.74) is 0.729. The number of amides is 1. The zero-order valence-corrected chi connectivity index (χ0v) is 14.3. The highest BCUT2D eigenvalue weighted by molar-refractivity contribution is 7.86. The summed E-state index contributed by atoms with van der Waals surface area (Å²) in [5.74, 6) is 0.637. The summed E-state index contributed by atoms with van der Waals surface area (Å²) >= 11 is 0. The first-order valence-corrected chi connectivity index (χ1v) is 8.96. The van der Waals surface area contributed by atoms with Gasteiger partial charge < -0.3 is 18.2 Å². The topological polar surface area (TPSA) is 86.0 Å². The molecule has 0 aliphatic rings. The lowest BCUT2D eigenvalue weighted by Crippen LogP contribution is -2.32. The van der Waals surface area contributed by atoms with E-state index in [0.29, 0.717) is 5.76 Å². The molecule has 0 saturated heterocycles. The Kier molecular flexibility index (Phi) is 5.99. The third kappa shape index (κ3) is 5.71. The molecular weight excluding hydrogens is 334 g/mol. The molecule has 0 spiro atoms. The van der Waals surface area contributed by atoms with Crippen LogP contribution in [0.2, 0.25) is 0 Å². The Balaban J connectivity index is 2.16. The van der Waals surface area contributed by atoms with Crippen LogP contribution < -0.4 is 4.18 Å². The van der Waals surface area contributed by atoms with Crippen molar-refractivity contribution in [1.82, 2.24) is 4.90 Å². The molecule has 130 valence electrons. The molecule has 1 aromatic heterocycles. The largest absolute Gasteiger partial charge is 0.467 e. The van der Waals surface area contributed by atoms with Gasteiger partial charge in [-0.25, -0.2) is 0 Å². The lowest BCUT2D eigenvalue weighted by atomic mass is 10.2. The van der Waals surface area contributed by atoms with E-state index in [1.165, 1.54) is 13.4 Å². The second-order valence-electron chi connectivity index (χ2n) is 5.20. The van der Waals surface area contributed by atoms with Gasteiger partial charge in [0, 0.05) is 13.7 Å². The van der Waals surface area contributed by atoms with Crippen LogP contribution in [-0.2, 0) is 32.7 Å². The van der Waals surface area contributed by atoms with E-state index in [9.17, 15) is 13.2 Å². The van der Waals surface area contributed by atoms with Crippen LogP contribution in [0.5, 0.6) is 5.75 Å². The van der Waals surface area contributed by atoms with Crippen LogP contribution in [0.15, 0.2) is 47.1 Å². The molecule has 2 aromatic rings. The summed E-state index contributed by atoms with van der Waals surface area (Å²) in [6.07, 6.45) is 2.51. The molecule has 0 unspecified atom stereocenters. The van der Waals surface area contributed by atoms with Gasteiger partial charge >= 0.3 is 10.1 Å². The third-order valence-corrected chi connectivity index (χ3v) is 3.56. The van der Waals surface area contributed by atoms with Gasteiger partial charge in [0.1, 0.15) is 18.1 Å². The number of methoxy groups -OCH3 is 1. The number of carbonyl (C=O) groups excluding carboxylic acids is 1. The first-order valence-electron chi connectivity index (χ1n) is 7.15. The molecule has 0 saturated carbocycles. The van der Waals surface area contributed by atoms with E-state index in [4.69, 9.17) is 13.3 Å². The smallest absolute Gasteiger partial charge is 0.306 e. The molecule has 0 bridgehead atoms. The third-order valence-electron chi connectivity index (χ3n) is 3.07. The average molecular weight is 353 g/mol.